The normalized spacial score (nSPS) is 21.2. The lowest BCUT2D eigenvalue weighted by atomic mass is 9.85. The van der Waals surface area contributed by atoms with Gasteiger partial charge in [-0.25, -0.2) is 0 Å². The number of aromatic amines is 1. The van der Waals surface area contributed by atoms with Crippen LogP contribution >= 0.6 is 0 Å². The predicted octanol–water partition coefficient (Wildman–Crippen LogP) is 1.88. The van der Waals surface area contributed by atoms with Gasteiger partial charge in [-0.15, -0.1) is 0 Å². The third-order valence-corrected chi connectivity index (χ3v) is 6.90. The van der Waals surface area contributed by atoms with Crippen LogP contribution in [-0.2, 0) is 11.3 Å². The third-order valence-electron chi connectivity index (χ3n) is 6.90. The number of amides is 2. The first-order valence-corrected chi connectivity index (χ1v) is 12.1. The van der Waals surface area contributed by atoms with Crippen molar-refractivity contribution in [2.24, 2.45) is 5.92 Å². The quantitative estimate of drug-likeness (QED) is 0.565. The molecule has 1 saturated heterocycles. The minimum absolute atomic E-state index is 0.00832. The molecule has 2 amide bonds. The molecule has 1 aromatic rings. The van der Waals surface area contributed by atoms with Gasteiger partial charge in [0.15, 0.2) is 0 Å². The van der Waals surface area contributed by atoms with Gasteiger partial charge in [0.05, 0.1) is 11.5 Å². The summed E-state index contributed by atoms with van der Waals surface area (Å²) < 4.78 is 0. The summed E-state index contributed by atoms with van der Waals surface area (Å²) in [6.07, 6.45) is 6.23. The number of likely N-dealkylation sites (tertiary alicyclic amines) is 1. The van der Waals surface area contributed by atoms with Crippen LogP contribution in [-0.4, -0.2) is 70.0 Å². The largest absolute Gasteiger partial charge is 0.388 e. The van der Waals surface area contributed by atoms with Crippen LogP contribution < -0.4 is 10.9 Å². The highest BCUT2D eigenvalue weighted by molar-refractivity contribution is 5.93. The van der Waals surface area contributed by atoms with Crippen molar-refractivity contribution in [3.63, 3.8) is 0 Å². The first-order valence-electron chi connectivity index (χ1n) is 12.1. The van der Waals surface area contributed by atoms with Gasteiger partial charge >= 0.3 is 0 Å². The van der Waals surface area contributed by atoms with Gasteiger partial charge in [0.25, 0.3) is 11.5 Å². The van der Waals surface area contributed by atoms with Crippen LogP contribution in [0.1, 0.15) is 74.8 Å². The number of hydrogen-bond donors (Lipinski definition) is 3. The van der Waals surface area contributed by atoms with Crippen molar-refractivity contribution in [2.75, 3.05) is 32.7 Å². The van der Waals surface area contributed by atoms with Crippen LogP contribution in [0.2, 0.25) is 0 Å². The standard InChI is InChI=1S/C24H38N4O4/c1-3-28(4-2)23(31)18-9-8-14-27(15-18)16-19-10-11-20(22(30)26-19)21(29)25-17-24(32)12-6-5-7-13-24/h10-11,18,32H,3-9,12-17H2,1-2H3,(H,25,29)(H,26,30). The molecule has 2 fully saturated rings. The van der Waals surface area contributed by atoms with Gasteiger partial charge in [-0.3, -0.25) is 19.3 Å². The van der Waals surface area contributed by atoms with Gasteiger partial charge < -0.3 is 20.3 Å². The van der Waals surface area contributed by atoms with E-state index < -0.39 is 17.1 Å². The zero-order valence-corrected chi connectivity index (χ0v) is 19.5. The van der Waals surface area contributed by atoms with Crippen molar-refractivity contribution < 1.29 is 14.7 Å². The second-order valence-corrected chi connectivity index (χ2v) is 9.28. The first-order chi connectivity index (χ1) is 15.3. The molecular weight excluding hydrogens is 408 g/mol. The number of aromatic nitrogens is 1. The molecule has 0 aromatic carbocycles. The van der Waals surface area contributed by atoms with Gasteiger partial charge in [-0.1, -0.05) is 19.3 Å². The number of H-pyrrole nitrogens is 1. The summed E-state index contributed by atoms with van der Waals surface area (Å²) in [5.74, 6) is -0.259. The second-order valence-electron chi connectivity index (χ2n) is 9.28. The highest BCUT2D eigenvalue weighted by atomic mass is 16.3. The van der Waals surface area contributed by atoms with Crippen molar-refractivity contribution in [3.05, 3.63) is 33.7 Å². The SMILES string of the molecule is CCN(CC)C(=O)C1CCCN(Cc2ccc(C(=O)NCC3(O)CCCCC3)c(=O)[nH]2)C1. The highest BCUT2D eigenvalue weighted by Crippen LogP contribution is 2.27. The van der Waals surface area contributed by atoms with Gasteiger partial charge in [0.1, 0.15) is 5.56 Å². The molecule has 32 heavy (non-hydrogen) atoms. The molecule has 1 aliphatic heterocycles. The highest BCUT2D eigenvalue weighted by Gasteiger charge is 2.30. The van der Waals surface area contributed by atoms with Gasteiger partial charge in [-0.2, -0.15) is 0 Å². The summed E-state index contributed by atoms with van der Waals surface area (Å²) in [5, 5.41) is 13.3. The maximum Gasteiger partial charge on any atom is 0.261 e. The molecule has 8 nitrogen and oxygen atoms in total. The fourth-order valence-corrected chi connectivity index (χ4v) is 4.95. The zero-order chi connectivity index (χ0) is 23.1. The van der Waals surface area contributed by atoms with Crippen molar-refractivity contribution in [1.82, 2.24) is 20.1 Å². The molecule has 178 valence electrons. The van der Waals surface area contributed by atoms with E-state index in [1.807, 2.05) is 18.7 Å². The minimum Gasteiger partial charge on any atom is -0.388 e. The van der Waals surface area contributed by atoms with E-state index in [9.17, 15) is 19.5 Å². The number of carbonyl (C=O) groups is 2. The summed E-state index contributed by atoms with van der Waals surface area (Å²) >= 11 is 0. The molecule has 2 aliphatic rings. The Hall–Kier alpha value is -2.19. The van der Waals surface area contributed by atoms with Gasteiger partial charge in [-0.05, 0) is 58.2 Å². The maximum absolute atomic E-state index is 12.7. The summed E-state index contributed by atoms with van der Waals surface area (Å²) in [7, 11) is 0. The van der Waals surface area contributed by atoms with Crippen molar-refractivity contribution in [1.29, 1.82) is 0 Å². The van der Waals surface area contributed by atoms with E-state index in [2.05, 4.69) is 15.2 Å². The van der Waals surface area contributed by atoms with Crippen molar-refractivity contribution in [2.45, 2.75) is 70.9 Å². The van der Waals surface area contributed by atoms with Crippen molar-refractivity contribution in [3.8, 4) is 0 Å². The predicted molar refractivity (Wildman–Crippen MR) is 123 cm³/mol. The van der Waals surface area contributed by atoms with Crippen LogP contribution in [0, 0.1) is 5.92 Å². The molecule has 1 saturated carbocycles. The Morgan fingerprint density at radius 2 is 1.91 bits per heavy atom. The lowest BCUT2D eigenvalue weighted by Crippen LogP contribution is -2.45. The molecule has 1 atom stereocenters. The summed E-state index contributed by atoms with van der Waals surface area (Å²) in [5.41, 5.74) is -0.508. The monoisotopic (exact) mass is 446 g/mol. The molecule has 8 heteroatoms. The molecule has 3 rings (SSSR count). The van der Waals surface area contributed by atoms with E-state index in [-0.39, 0.29) is 23.9 Å². The second kappa shape index (κ2) is 11.1. The molecular formula is C24H38N4O4. The maximum atomic E-state index is 12.7. The van der Waals surface area contributed by atoms with Gasteiger partial charge in [0, 0.05) is 38.4 Å². The Labute approximate surface area is 190 Å². The summed E-state index contributed by atoms with van der Waals surface area (Å²) in [6.45, 7) is 7.71. The number of hydrogen-bond acceptors (Lipinski definition) is 5. The van der Waals surface area contributed by atoms with E-state index in [0.29, 0.717) is 25.9 Å². The smallest absolute Gasteiger partial charge is 0.261 e. The summed E-state index contributed by atoms with van der Waals surface area (Å²) in [6, 6.07) is 3.32. The summed E-state index contributed by atoms with van der Waals surface area (Å²) in [4.78, 5) is 44.6. The van der Waals surface area contributed by atoms with Crippen LogP contribution in [0.5, 0.6) is 0 Å². The Morgan fingerprint density at radius 1 is 1.19 bits per heavy atom. The fraction of sp³-hybridized carbons (Fsp3) is 0.708. The molecule has 0 spiro atoms. The molecule has 1 aliphatic carbocycles. The van der Waals surface area contributed by atoms with E-state index in [4.69, 9.17) is 0 Å². The molecule has 0 radical (unpaired) electrons. The zero-order valence-electron chi connectivity index (χ0n) is 19.5. The van der Waals surface area contributed by atoms with E-state index >= 15 is 0 Å². The Morgan fingerprint density at radius 3 is 2.56 bits per heavy atom. The Kier molecular flexibility index (Phi) is 8.48. The average molecular weight is 447 g/mol. The van der Waals surface area contributed by atoms with Crippen LogP contribution in [0.3, 0.4) is 0 Å². The minimum atomic E-state index is -0.867. The van der Waals surface area contributed by atoms with Crippen LogP contribution in [0.25, 0.3) is 0 Å². The molecule has 3 N–H and O–H groups in total. The van der Waals surface area contributed by atoms with E-state index in [0.717, 1.165) is 57.4 Å². The van der Waals surface area contributed by atoms with E-state index in [1.165, 1.54) is 0 Å². The number of nitrogens with zero attached hydrogens (tertiary/aromatic N) is 2. The number of aliphatic hydroxyl groups is 1. The molecule has 0 bridgehead atoms. The lowest BCUT2D eigenvalue weighted by Gasteiger charge is -2.34. The van der Waals surface area contributed by atoms with E-state index in [1.54, 1.807) is 12.1 Å². The van der Waals surface area contributed by atoms with Crippen LogP contribution in [0.15, 0.2) is 16.9 Å². The average Bonchev–Trinajstić information content (AvgIpc) is 2.79. The van der Waals surface area contributed by atoms with Gasteiger partial charge in [0.2, 0.25) is 5.91 Å². The molecule has 1 unspecified atom stereocenters. The molecule has 1 aromatic heterocycles. The molecule has 2 heterocycles. The van der Waals surface area contributed by atoms with Crippen molar-refractivity contribution >= 4 is 11.8 Å². The Balaban J connectivity index is 1.57. The number of piperidine rings is 1. The van der Waals surface area contributed by atoms with Crippen LogP contribution in [0.4, 0.5) is 0 Å². The first kappa shape index (κ1) is 24.5. The lowest BCUT2D eigenvalue weighted by molar-refractivity contribution is -0.137. The number of pyridine rings is 1. The number of rotatable bonds is 8. The number of carbonyl (C=O) groups excluding carboxylic acids is 2. The topological polar surface area (TPSA) is 106 Å². The fourth-order valence-electron chi connectivity index (χ4n) is 4.95. The number of nitrogens with one attached hydrogen (secondary N) is 2. The third kappa shape index (κ3) is 6.19. The Bertz CT molecular complexity index is 843.